The summed E-state index contributed by atoms with van der Waals surface area (Å²) in [6.45, 7) is -0.959. The Morgan fingerprint density at radius 2 is 1.94 bits per heavy atom. The number of rotatable bonds is 2. The molecule has 0 aliphatic heterocycles. The van der Waals surface area contributed by atoms with Crippen LogP contribution in [-0.2, 0) is 12.8 Å². The normalized spacial score (nSPS) is 12.2. The van der Waals surface area contributed by atoms with Crippen LogP contribution in [0.4, 0.5) is 22.0 Å². The number of aromatic nitrogens is 1. The maximum absolute atomic E-state index is 12.5. The molecule has 0 fully saturated rings. The van der Waals surface area contributed by atoms with E-state index in [1.54, 1.807) is 0 Å². The lowest BCUT2D eigenvalue weighted by Crippen LogP contribution is -2.15. The van der Waals surface area contributed by atoms with Gasteiger partial charge in [0.25, 0.3) is 6.43 Å². The van der Waals surface area contributed by atoms with E-state index in [0.29, 0.717) is 0 Å². The Morgan fingerprint density at radius 1 is 1.38 bits per heavy atom. The highest BCUT2D eigenvalue weighted by atomic mass is 127. The molecule has 1 aromatic heterocycles. The van der Waals surface area contributed by atoms with Crippen molar-refractivity contribution in [1.82, 2.24) is 4.98 Å². The minimum atomic E-state index is -4.89. The van der Waals surface area contributed by atoms with Crippen LogP contribution in [0.1, 0.15) is 23.2 Å². The minimum Gasteiger partial charge on any atom is -0.390 e. The van der Waals surface area contributed by atoms with Gasteiger partial charge in [-0.25, -0.2) is 8.78 Å². The highest BCUT2D eigenvalue weighted by Crippen LogP contribution is 2.40. The summed E-state index contributed by atoms with van der Waals surface area (Å²) in [6.07, 6.45) is -7.42. The number of halogens is 6. The highest BCUT2D eigenvalue weighted by Gasteiger charge is 2.39. The van der Waals surface area contributed by atoms with Gasteiger partial charge in [-0.15, -0.1) is 0 Å². The first kappa shape index (κ1) is 13.6. The Bertz CT molecular complexity index is 393. The van der Waals surface area contributed by atoms with E-state index in [1.165, 1.54) is 22.6 Å². The van der Waals surface area contributed by atoms with Gasteiger partial charge in [0.15, 0.2) is 0 Å². The molecule has 0 aliphatic rings. The number of aliphatic hydroxyl groups excluding tert-OH is 1. The smallest absolute Gasteiger partial charge is 0.390 e. The molecule has 0 amide bonds. The number of hydrogen-bond acceptors (Lipinski definition) is 2. The average molecular weight is 353 g/mol. The Morgan fingerprint density at radius 3 is 2.31 bits per heavy atom. The van der Waals surface area contributed by atoms with Gasteiger partial charge in [0, 0.05) is 9.77 Å². The summed E-state index contributed by atoms with van der Waals surface area (Å²) >= 11 is 1.28. The van der Waals surface area contributed by atoms with Crippen LogP contribution in [0.3, 0.4) is 0 Å². The molecule has 1 aromatic rings. The Labute approximate surface area is 101 Å². The first-order chi connectivity index (χ1) is 7.29. The second-order valence-electron chi connectivity index (χ2n) is 2.80. The summed E-state index contributed by atoms with van der Waals surface area (Å²) in [7, 11) is 0. The summed E-state index contributed by atoms with van der Waals surface area (Å²) in [5.41, 5.74) is -3.33. The number of pyridine rings is 1. The van der Waals surface area contributed by atoms with Gasteiger partial charge in [-0.3, -0.25) is 4.98 Å². The number of hydrogen-bond donors (Lipinski definition) is 1. The lowest BCUT2D eigenvalue weighted by molar-refractivity contribution is -0.140. The number of alkyl halides is 5. The lowest BCUT2D eigenvalue weighted by atomic mass is 10.1. The first-order valence-corrected chi connectivity index (χ1v) is 5.00. The molecular weight excluding hydrogens is 348 g/mol. The molecule has 0 aliphatic carbocycles. The van der Waals surface area contributed by atoms with Crippen molar-refractivity contribution in [1.29, 1.82) is 0 Å². The van der Waals surface area contributed by atoms with Crippen molar-refractivity contribution in [3.63, 3.8) is 0 Å². The number of aliphatic hydroxyl groups is 1. The van der Waals surface area contributed by atoms with Gasteiger partial charge in [-0.1, -0.05) is 0 Å². The van der Waals surface area contributed by atoms with Crippen molar-refractivity contribution in [2.45, 2.75) is 19.2 Å². The highest BCUT2D eigenvalue weighted by molar-refractivity contribution is 14.1. The van der Waals surface area contributed by atoms with Crippen LogP contribution in [0.25, 0.3) is 0 Å². The van der Waals surface area contributed by atoms with Crippen LogP contribution in [0.15, 0.2) is 6.20 Å². The molecule has 0 radical (unpaired) electrons. The van der Waals surface area contributed by atoms with Crippen LogP contribution in [0.5, 0.6) is 0 Å². The molecule has 0 unspecified atom stereocenters. The zero-order valence-corrected chi connectivity index (χ0v) is 9.68. The fourth-order valence-corrected chi connectivity index (χ4v) is 1.93. The third kappa shape index (κ3) is 2.59. The van der Waals surface area contributed by atoms with E-state index in [1.807, 2.05) is 0 Å². The van der Waals surface area contributed by atoms with Crippen LogP contribution in [-0.4, -0.2) is 10.1 Å². The molecule has 0 aromatic carbocycles. The maximum Gasteiger partial charge on any atom is 0.418 e. The Hall–Kier alpha value is -0.510. The molecule has 0 saturated carbocycles. The van der Waals surface area contributed by atoms with E-state index >= 15 is 0 Å². The summed E-state index contributed by atoms with van der Waals surface area (Å²) in [5.74, 6) is 0. The monoisotopic (exact) mass is 353 g/mol. The molecule has 0 atom stereocenters. The van der Waals surface area contributed by atoms with Gasteiger partial charge in [0.1, 0.15) is 0 Å². The van der Waals surface area contributed by atoms with E-state index in [0.717, 1.165) is 6.20 Å². The Balaban J connectivity index is 3.55. The van der Waals surface area contributed by atoms with Crippen molar-refractivity contribution in [2.24, 2.45) is 0 Å². The SMILES string of the molecule is OCc1ncc(I)c(C(F)(F)F)c1C(F)F. The fraction of sp³-hybridized carbons (Fsp3) is 0.375. The second-order valence-corrected chi connectivity index (χ2v) is 3.96. The van der Waals surface area contributed by atoms with Gasteiger partial charge in [0.2, 0.25) is 0 Å². The zero-order valence-electron chi connectivity index (χ0n) is 7.52. The van der Waals surface area contributed by atoms with Crippen molar-refractivity contribution >= 4 is 22.6 Å². The molecule has 1 N–H and O–H groups in total. The third-order valence-electron chi connectivity index (χ3n) is 1.80. The van der Waals surface area contributed by atoms with Crippen LogP contribution in [0, 0.1) is 3.57 Å². The number of nitrogens with zero attached hydrogens (tertiary/aromatic N) is 1. The molecule has 1 rings (SSSR count). The largest absolute Gasteiger partial charge is 0.418 e. The fourth-order valence-electron chi connectivity index (χ4n) is 1.19. The molecule has 1 heterocycles. The third-order valence-corrected chi connectivity index (χ3v) is 2.62. The lowest BCUT2D eigenvalue weighted by Gasteiger charge is -2.16. The molecule has 0 spiro atoms. The van der Waals surface area contributed by atoms with E-state index in [-0.39, 0.29) is 0 Å². The van der Waals surface area contributed by atoms with Crippen LogP contribution < -0.4 is 0 Å². The molecule has 90 valence electrons. The molecular formula is C8H5F5INO. The Kier molecular flexibility index (Phi) is 4.05. The van der Waals surface area contributed by atoms with Crippen molar-refractivity contribution < 1.29 is 27.1 Å². The predicted octanol–water partition coefficient (Wildman–Crippen LogP) is 3.13. The average Bonchev–Trinajstić information content (AvgIpc) is 2.15. The molecule has 0 bridgehead atoms. The quantitative estimate of drug-likeness (QED) is 0.655. The maximum atomic E-state index is 12.5. The van der Waals surface area contributed by atoms with Gasteiger partial charge >= 0.3 is 6.18 Å². The zero-order chi connectivity index (χ0) is 12.5. The topological polar surface area (TPSA) is 33.1 Å². The first-order valence-electron chi connectivity index (χ1n) is 3.92. The van der Waals surface area contributed by atoms with E-state index in [2.05, 4.69) is 4.98 Å². The van der Waals surface area contributed by atoms with Gasteiger partial charge in [-0.2, -0.15) is 13.2 Å². The summed E-state index contributed by atoms with van der Waals surface area (Å²) in [4.78, 5) is 3.35. The van der Waals surface area contributed by atoms with Gasteiger partial charge in [0.05, 0.1) is 23.4 Å². The summed E-state index contributed by atoms with van der Waals surface area (Å²) in [6, 6.07) is 0. The van der Waals surface area contributed by atoms with Gasteiger partial charge in [-0.05, 0) is 22.6 Å². The molecule has 16 heavy (non-hydrogen) atoms. The second kappa shape index (κ2) is 4.78. The van der Waals surface area contributed by atoms with Crippen molar-refractivity contribution in [3.8, 4) is 0 Å². The molecule has 2 nitrogen and oxygen atoms in total. The minimum absolute atomic E-state index is 0.419. The summed E-state index contributed by atoms with van der Waals surface area (Å²) < 4.78 is 62.3. The molecule has 8 heteroatoms. The molecule has 0 saturated heterocycles. The summed E-state index contributed by atoms with van der Waals surface area (Å²) in [5, 5.41) is 8.68. The standard InChI is InChI=1S/C8H5F5INO/c9-7(10)5-4(2-16)15-1-3(14)6(5)8(11,12)13/h1,7,16H,2H2. The van der Waals surface area contributed by atoms with E-state index in [4.69, 9.17) is 5.11 Å². The predicted molar refractivity (Wildman–Crippen MR) is 52.8 cm³/mol. The van der Waals surface area contributed by atoms with Crippen molar-refractivity contribution in [2.75, 3.05) is 0 Å². The van der Waals surface area contributed by atoms with Crippen molar-refractivity contribution in [3.05, 3.63) is 26.6 Å². The van der Waals surface area contributed by atoms with E-state index in [9.17, 15) is 22.0 Å². The van der Waals surface area contributed by atoms with Crippen LogP contribution >= 0.6 is 22.6 Å². The van der Waals surface area contributed by atoms with E-state index < -0.39 is 39.6 Å². The van der Waals surface area contributed by atoms with Gasteiger partial charge < -0.3 is 5.11 Å². The van der Waals surface area contributed by atoms with Crippen LogP contribution in [0.2, 0.25) is 0 Å².